The van der Waals surface area contributed by atoms with Crippen molar-refractivity contribution in [3.63, 3.8) is 0 Å². The minimum atomic E-state index is -1.17. The first-order valence-electron chi connectivity index (χ1n) is 8.17. The lowest BCUT2D eigenvalue weighted by Gasteiger charge is -2.14. The van der Waals surface area contributed by atoms with Gasteiger partial charge in [-0.1, -0.05) is 18.2 Å². The van der Waals surface area contributed by atoms with E-state index in [2.05, 4.69) is 10.6 Å². The van der Waals surface area contributed by atoms with Crippen LogP contribution in [0.25, 0.3) is 11.3 Å². The lowest BCUT2D eigenvalue weighted by Crippen LogP contribution is -2.34. The maximum atomic E-state index is 12.3. The highest BCUT2D eigenvalue weighted by atomic mass is 32.1. The van der Waals surface area contributed by atoms with Gasteiger partial charge in [0, 0.05) is 17.2 Å². The molecule has 28 heavy (non-hydrogen) atoms. The Balaban J connectivity index is 1.84. The van der Waals surface area contributed by atoms with Gasteiger partial charge in [-0.2, -0.15) is 0 Å². The summed E-state index contributed by atoms with van der Waals surface area (Å²) in [6, 6.07) is 16.6. The van der Waals surface area contributed by atoms with E-state index in [4.69, 9.17) is 26.5 Å². The number of methoxy groups -OCH3 is 1. The Labute approximate surface area is 165 Å². The van der Waals surface area contributed by atoms with Crippen LogP contribution in [0.15, 0.2) is 65.1 Å². The number of ether oxygens (including phenoxy) is 1. The van der Waals surface area contributed by atoms with Crippen LogP contribution in [0.1, 0.15) is 20.9 Å². The second-order valence-corrected chi connectivity index (χ2v) is 6.06. The van der Waals surface area contributed by atoms with Crippen molar-refractivity contribution < 1.29 is 23.8 Å². The molecule has 0 saturated carbocycles. The van der Waals surface area contributed by atoms with Crippen LogP contribution in [0.3, 0.4) is 0 Å². The molecule has 3 rings (SSSR count). The number of carbonyl (C=O) groups excluding carboxylic acids is 1. The van der Waals surface area contributed by atoms with Gasteiger partial charge in [0.15, 0.2) is 5.11 Å². The van der Waals surface area contributed by atoms with Gasteiger partial charge in [0.05, 0.1) is 12.8 Å². The third-order valence-corrected chi connectivity index (χ3v) is 4.02. The van der Waals surface area contributed by atoms with Gasteiger partial charge in [-0.05, 0) is 48.6 Å². The predicted molar refractivity (Wildman–Crippen MR) is 108 cm³/mol. The Bertz CT molecular complexity index is 1030. The minimum Gasteiger partial charge on any atom is -0.497 e. The van der Waals surface area contributed by atoms with E-state index in [-0.39, 0.29) is 16.8 Å². The number of amides is 1. The number of carboxylic acid groups (broad SMARTS) is 1. The third kappa shape index (κ3) is 4.36. The number of carboxylic acids is 1. The van der Waals surface area contributed by atoms with Crippen LogP contribution in [-0.4, -0.2) is 29.2 Å². The van der Waals surface area contributed by atoms with Crippen LogP contribution in [0.5, 0.6) is 5.75 Å². The Morgan fingerprint density at radius 2 is 1.82 bits per heavy atom. The van der Waals surface area contributed by atoms with Crippen molar-refractivity contribution in [1.29, 1.82) is 0 Å². The van der Waals surface area contributed by atoms with E-state index < -0.39 is 5.97 Å². The first-order valence-corrected chi connectivity index (χ1v) is 8.57. The molecule has 3 aromatic rings. The molecular formula is C20H16N2O5S. The maximum absolute atomic E-state index is 12.3. The van der Waals surface area contributed by atoms with E-state index in [0.29, 0.717) is 28.3 Å². The van der Waals surface area contributed by atoms with Gasteiger partial charge in [-0.25, -0.2) is 4.79 Å². The molecule has 0 bridgehead atoms. The zero-order valence-corrected chi connectivity index (χ0v) is 15.6. The van der Waals surface area contributed by atoms with E-state index >= 15 is 0 Å². The van der Waals surface area contributed by atoms with E-state index in [1.54, 1.807) is 48.5 Å². The summed E-state index contributed by atoms with van der Waals surface area (Å²) in [4.78, 5) is 23.3. The number of anilines is 1. The molecule has 8 heteroatoms. The number of carbonyl (C=O) groups is 2. The fourth-order valence-corrected chi connectivity index (χ4v) is 2.69. The molecule has 0 fully saturated rings. The van der Waals surface area contributed by atoms with Crippen LogP contribution < -0.4 is 15.4 Å². The molecule has 7 nitrogen and oxygen atoms in total. The molecule has 0 unspecified atom stereocenters. The second-order valence-electron chi connectivity index (χ2n) is 5.65. The van der Waals surface area contributed by atoms with Gasteiger partial charge in [0.1, 0.15) is 11.5 Å². The van der Waals surface area contributed by atoms with Gasteiger partial charge < -0.3 is 19.6 Å². The van der Waals surface area contributed by atoms with Crippen LogP contribution >= 0.6 is 12.2 Å². The monoisotopic (exact) mass is 396 g/mol. The standard InChI is InChI=1S/C20H16N2O5S/c1-26-13-7-8-14(16-9-10-17(27-16)19(24)25)15(11-13)21-20(28)22-18(23)12-5-3-2-4-6-12/h2-11H,1H3,(H,24,25)(H2,21,22,23,28). The zero-order valence-electron chi connectivity index (χ0n) is 14.8. The number of hydrogen-bond donors (Lipinski definition) is 3. The van der Waals surface area contributed by atoms with Crippen molar-refractivity contribution >= 4 is 34.9 Å². The van der Waals surface area contributed by atoms with Crippen molar-refractivity contribution in [2.75, 3.05) is 12.4 Å². The fraction of sp³-hybridized carbons (Fsp3) is 0.0500. The van der Waals surface area contributed by atoms with Crippen LogP contribution in [0.2, 0.25) is 0 Å². The molecular weight excluding hydrogens is 380 g/mol. The SMILES string of the molecule is COc1ccc(-c2ccc(C(=O)O)o2)c(NC(=S)NC(=O)c2ccccc2)c1. The fourth-order valence-electron chi connectivity index (χ4n) is 2.48. The van der Waals surface area contributed by atoms with E-state index in [0.717, 1.165) is 0 Å². The number of thiocarbonyl (C=S) groups is 1. The molecule has 1 amide bonds. The number of furan rings is 1. The summed E-state index contributed by atoms with van der Waals surface area (Å²) in [5.74, 6) is -0.821. The number of hydrogen-bond acceptors (Lipinski definition) is 5. The highest BCUT2D eigenvalue weighted by Gasteiger charge is 2.16. The maximum Gasteiger partial charge on any atom is 0.371 e. The molecule has 0 aliphatic heterocycles. The quantitative estimate of drug-likeness (QED) is 0.564. The third-order valence-electron chi connectivity index (χ3n) is 3.82. The van der Waals surface area contributed by atoms with Gasteiger partial charge in [0.2, 0.25) is 5.76 Å². The highest BCUT2D eigenvalue weighted by Crippen LogP contribution is 2.32. The van der Waals surface area contributed by atoms with Crippen molar-refractivity contribution in [3.05, 3.63) is 72.0 Å². The van der Waals surface area contributed by atoms with Crippen molar-refractivity contribution in [1.82, 2.24) is 5.32 Å². The van der Waals surface area contributed by atoms with Crippen LogP contribution in [0.4, 0.5) is 5.69 Å². The molecule has 0 aliphatic carbocycles. The number of benzene rings is 2. The molecule has 1 aromatic heterocycles. The second kappa shape index (κ2) is 8.36. The Morgan fingerprint density at radius 1 is 1.07 bits per heavy atom. The summed E-state index contributed by atoms with van der Waals surface area (Å²) in [5, 5.41) is 14.7. The molecule has 3 N–H and O–H groups in total. The molecule has 0 radical (unpaired) electrons. The molecule has 0 saturated heterocycles. The van der Waals surface area contributed by atoms with E-state index in [9.17, 15) is 9.59 Å². The molecule has 0 atom stereocenters. The lowest BCUT2D eigenvalue weighted by molar-refractivity contribution is 0.0663. The molecule has 2 aromatic carbocycles. The van der Waals surface area contributed by atoms with Crippen molar-refractivity contribution in [3.8, 4) is 17.1 Å². The average Bonchev–Trinajstić information content (AvgIpc) is 3.18. The number of aromatic carboxylic acids is 1. The van der Waals surface area contributed by atoms with Crippen molar-refractivity contribution in [2.45, 2.75) is 0 Å². The minimum absolute atomic E-state index is 0.0772. The summed E-state index contributed by atoms with van der Waals surface area (Å²) in [7, 11) is 1.52. The Hall–Kier alpha value is -3.65. The molecule has 0 spiro atoms. The predicted octanol–water partition coefficient (Wildman–Crippen LogP) is 3.78. The summed E-state index contributed by atoms with van der Waals surface area (Å²) in [6.07, 6.45) is 0. The van der Waals surface area contributed by atoms with E-state index in [1.165, 1.54) is 13.2 Å². The zero-order chi connectivity index (χ0) is 20.1. The van der Waals surface area contributed by atoms with Gasteiger partial charge in [-0.15, -0.1) is 0 Å². The lowest BCUT2D eigenvalue weighted by atomic mass is 10.1. The molecule has 0 aliphatic rings. The van der Waals surface area contributed by atoms with Crippen LogP contribution in [-0.2, 0) is 0 Å². The van der Waals surface area contributed by atoms with Crippen LogP contribution in [0, 0.1) is 0 Å². The summed E-state index contributed by atoms with van der Waals surface area (Å²) in [5.41, 5.74) is 1.52. The first-order chi connectivity index (χ1) is 13.5. The van der Waals surface area contributed by atoms with Gasteiger partial charge in [-0.3, -0.25) is 10.1 Å². The summed E-state index contributed by atoms with van der Waals surface area (Å²) >= 11 is 5.24. The smallest absolute Gasteiger partial charge is 0.371 e. The largest absolute Gasteiger partial charge is 0.497 e. The molecule has 1 heterocycles. The van der Waals surface area contributed by atoms with Crippen molar-refractivity contribution in [2.24, 2.45) is 0 Å². The summed E-state index contributed by atoms with van der Waals surface area (Å²) in [6.45, 7) is 0. The topological polar surface area (TPSA) is 101 Å². The number of nitrogens with one attached hydrogen (secondary N) is 2. The average molecular weight is 396 g/mol. The van der Waals surface area contributed by atoms with Gasteiger partial charge >= 0.3 is 5.97 Å². The summed E-state index contributed by atoms with van der Waals surface area (Å²) < 4.78 is 10.6. The molecule has 142 valence electrons. The highest BCUT2D eigenvalue weighted by molar-refractivity contribution is 7.80. The number of rotatable bonds is 5. The normalized spacial score (nSPS) is 10.2. The first kappa shape index (κ1) is 19.1. The van der Waals surface area contributed by atoms with E-state index in [1.807, 2.05) is 6.07 Å². The Morgan fingerprint density at radius 3 is 2.46 bits per heavy atom. The Kier molecular flexibility index (Phi) is 5.71. The van der Waals surface area contributed by atoms with Gasteiger partial charge in [0.25, 0.3) is 5.91 Å².